The Balaban J connectivity index is 1.82. The lowest BCUT2D eigenvalue weighted by Crippen LogP contribution is -2.39. The number of aromatic nitrogens is 2. The highest BCUT2D eigenvalue weighted by Crippen LogP contribution is 2.10. The summed E-state index contributed by atoms with van der Waals surface area (Å²) < 4.78 is 7.91. The third kappa shape index (κ3) is 6.78. The molecule has 0 aliphatic carbocycles. The molecule has 26 heavy (non-hydrogen) atoms. The first-order valence-corrected chi connectivity index (χ1v) is 9.30. The standard InChI is InChI=1S/C20H31N5O/c1-5-21-20(23-11-13-26-18-8-6-17(4)7-9-18)24-14-19-22-10-12-25(19)15-16(2)3/h6-10,12,16H,5,11,13-15H2,1-4H3,(H2,21,23,24). The lowest BCUT2D eigenvalue weighted by molar-refractivity contribution is 0.322. The van der Waals surface area contributed by atoms with Crippen molar-refractivity contribution >= 4 is 5.96 Å². The van der Waals surface area contributed by atoms with Gasteiger partial charge in [-0.2, -0.15) is 0 Å². The van der Waals surface area contributed by atoms with Crippen LogP contribution in [-0.2, 0) is 13.1 Å². The zero-order chi connectivity index (χ0) is 18.8. The molecule has 2 N–H and O–H groups in total. The molecule has 0 bridgehead atoms. The molecule has 2 rings (SSSR count). The average Bonchev–Trinajstić information content (AvgIpc) is 3.04. The van der Waals surface area contributed by atoms with E-state index < -0.39 is 0 Å². The van der Waals surface area contributed by atoms with Gasteiger partial charge < -0.3 is 19.9 Å². The van der Waals surface area contributed by atoms with E-state index in [1.54, 1.807) is 0 Å². The largest absolute Gasteiger partial charge is 0.492 e. The molecule has 0 saturated heterocycles. The van der Waals surface area contributed by atoms with Gasteiger partial charge in [-0.3, -0.25) is 0 Å². The molecule has 6 nitrogen and oxygen atoms in total. The van der Waals surface area contributed by atoms with Gasteiger partial charge in [0.2, 0.25) is 0 Å². The Hall–Kier alpha value is -2.50. The Bertz CT molecular complexity index is 676. The molecule has 0 radical (unpaired) electrons. The van der Waals surface area contributed by atoms with Crippen LogP contribution in [0.15, 0.2) is 41.7 Å². The normalized spacial score (nSPS) is 11.7. The SMILES string of the molecule is CCNC(=NCc1nccn1CC(C)C)NCCOc1ccc(C)cc1. The first kappa shape index (κ1) is 19.8. The number of nitrogens with one attached hydrogen (secondary N) is 2. The summed E-state index contributed by atoms with van der Waals surface area (Å²) in [6.45, 7) is 12.1. The molecular weight excluding hydrogens is 326 g/mol. The van der Waals surface area contributed by atoms with Crippen LogP contribution in [0.4, 0.5) is 0 Å². The molecule has 142 valence electrons. The third-order valence-corrected chi connectivity index (χ3v) is 3.77. The number of imidazole rings is 1. The van der Waals surface area contributed by atoms with Gasteiger partial charge in [-0.15, -0.1) is 0 Å². The quantitative estimate of drug-likeness (QED) is 0.411. The van der Waals surface area contributed by atoms with Crippen LogP contribution >= 0.6 is 0 Å². The van der Waals surface area contributed by atoms with Gasteiger partial charge in [0.1, 0.15) is 24.7 Å². The Kier molecular flexibility index (Phi) is 7.99. The second kappa shape index (κ2) is 10.5. The maximum Gasteiger partial charge on any atom is 0.191 e. The summed E-state index contributed by atoms with van der Waals surface area (Å²) in [6.07, 6.45) is 3.85. The van der Waals surface area contributed by atoms with Crippen molar-refractivity contribution in [2.24, 2.45) is 10.9 Å². The number of benzene rings is 1. The molecular formula is C20H31N5O. The molecule has 0 unspecified atom stereocenters. The van der Waals surface area contributed by atoms with Gasteiger partial charge in [-0.05, 0) is 31.9 Å². The van der Waals surface area contributed by atoms with E-state index in [1.807, 2.05) is 36.7 Å². The van der Waals surface area contributed by atoms with E-state index >= 15 is 0 Å². The lowest BCUT2D eigenvalue weighted by atomic mass is 10.2. The highest BCUT2D eigenvalue weighted by atomic mass is 16.5. The molecule has 0 amide bonds. The van der Waals surface area contributed by atoms with Crippen LogP contribution in [-0.4, -0.2) is 35.2 Å². The molecule has 2 aromatic rings. The molecule has 1 aromatic carbocycles. The number of hydrogen-bond donors (Lipinski definition) is 2. The van der Waals surface area contributed by atoms with Crippen LogP contribution in [0.5, 0.6) is 5.75 Å². The number of rotatable bonds is 9. The summed E-state index contributed by atoms with van der Waals surface area (Å²) in [6, 6.07) is 8.08. The fourth-order valence-corrected chi connectivity index (χ4v) is 2.52. The van der Waals surface area contributed by atoms with Gasteiger partial charge in [0.15, 0.2) is 5.96 Å². The van der Waals surface area contributed by atoms with Crippen molar-refractivity contribution in [3.8, 4) is 5.75 Å². The van der Waals surface area contributed by atoms with Crippen molar-refractivity contribution < 1.29 is 4.74 Å². The lowest BCUT2D eigenvalue weighted by Gasteiger charge is -2.13. The number of nitrogens with zero attached hydrogens (tertiary/aromatic N) is 3. The number of aliphatic imine (C=N–C) groups is 1. The minimum absolute atomic E-state index is 0.549. The molecule has 0 atom stereocenters. The second-order valence-corrected chi connectivity index (χ2v) is 6.67. The van der Waals surface area contributed by atoms with Crippen molar-refractivity contribution in [1.82, 2.24) is 20.2 Å². The van der Waals surface area contributed by atoms with Crippen LogP contribution < -0.4 is 15.4 Å². The van der Waals surface area contributed by atoms with Gasteiger partial charge >= 0.3 is 0 Å². The predicted molar refractivity (Wildman–Crippen MR) is 107 cm³/mol. The van der Waals surface area contributed by atoms with Crippen LogP contribution in [0.3, 0.4) is 0 Å². The van der Waals surface area contributed by atoms with E-state index in [9.17, 15) is 0 Å². The molecule has 6 heteroatoms. The van der Waals surface area contributed by atoms with Gasteiger partial charge in [0.05, 0.1) is 6.54 Å². The monoisotopic (exact) mass is 357 g/mol. The molecule has 0 spiro atoms. The number of guanidine groups is 1. The molecule has 1 aromatic heterocycles. The van der Waals surface area contributed by atoms with Crippen molar-refractivity contribution in [2.75, 3.05) is 19.7 Å². The van der Waals surface area contributed by atoms with Crippen molar-refractivity contribution in [3.05, 3.63) is 48.0 Å². The number of aryl methyl sites for hydroxylation is 1. The van der Waals surface area contributed by atoms with Crippen molar-refractivity contribution in [3.63, 3.8) is 0 Å². The summed E-state index contributed by atoms with van der Waals surface area (Å²) in [5.41, 5.74) is 1.23. The van der Waals surface area contributed by atoms with Gasteiger partial charge in [-0.1, -0.05) is 31.5 Å². The maximum absolute atomic E-state index is 5.74. The maximum atomic E-state index is 5.74. The Morgan fingerprint density at radius 3 is 2.69 bits per heavy atom. The van der Waals surface area contributed by atoms with Crippen LogP contribution in [0, 0.1) is 12.8 Å². The summed E-state index contributed by atoms with van der Waals surface area (Å²) in [5.74, 6) is 3.22. The van der Waals surface area contributed by atoms with Gasteiger partial charge in [0.25, 0.3) is 0 Å². The fraction of sp³-hybridized carbons (Fsp3) is 0.500. The van der Waals surface area contributed by atoms with Crippen molar-refractivity contribution in [2.45, 2.75) is 40.8 Å². The van der Waals surface area contributed by atoms with Crippen LogP contribution in [0.25, 0.3) is 0 Å². The number of hydrogen-bond acceptors (Lipinski definition) is 3. The molecule has 0 fully saturated rings. The topological polar surface area (TPSA) is 63.5 Å². The predicted octanol–water partition coefficient (Wildman–Crippen LogP) is 2.98. The van der Waals surface area contributed by atoms with E-state index in [-0.39, 0.29) is 0 Å². The summed E-state index contributed by atoms with van der Waals surface area (Å²) >= 11 is 0. The molecule has 0 aliphatic heterocycles. The van der Waals surface area contributed by atoms with Crippen LogP contribution in [0.2, 0.25) is 0 Å². The zero-order valence-electron chi connectivity index (χ0n) is 16.3. The smallest absolute Gasteiger partial charge is 0.191 e. The molecule has 1 heterocycles. The minimum Gasteiger partial charge on any atom is -0.492 e. The number of ether oxygens (including phenoxy) is 1. The molecule has 0 aliphatic rings. The van der Waals surface area contributed by atoms with Gasteiger partial charge in [0, 0.05) is 25.5 Å². The minimum atomic E-state index is 0.549. The van der Waals surface area contributed by atoms with Crippen LogP contribution in [0.1, 0.15) is 32.2 Å². The zero-order valence-corrected chi connectivity index (χ0v) is 16.3. The first-order valence-electron chi connectivity index (χ1n) is 9.30. The van der Waals surface area contributed by atoms with E-state index in [0.29, 0.717) is 25.6 Å². The first-order chi connectivity index (χ1) is 12.6. The Morgan fingerprint density at radius 1 is 1.23 bits per heavy atom. The highest BCUT2D eigenvalue weighted by molar-refractivity contribution is 5.79. The van der Waals surface area contributed by atoms with E-state index in [4.69, 9.17) is 4.74 Å². The van der Waals surface area contributed by atoms with E-state index in [1.165, 1.54) is 5.56 Å². The molecule has 0 saturated carbocycles. The fourth-order valence-electron chi connectivity index (χ4n) is 2.52. The average molecular weight is 358 g/mol. The third-order valence-electron chi connectivity index (χ3n) is 3.77. The Morgan fingerprint density at radius 2 is 2.00 bits per heavy atom. The Labute approximate surface area is 156 Å². The second-order valence-electron chi connectivity index (χ2n) is 6.67. The van der Waals surface area contributed by atoms with Gasteiger partial charge in [-0.25, -0.2) is 9.98 Å². The van der Waals surface area contributed by atoms with E-state index in [2.05, 4.69) is 52.9 Å². The summed E-state index contributed by atoms with van der Waals surface area (Å²) in [7, 11) is 0. The summed E-state index contributed by atoms with van der Waals surface area (Å²) in [5, 5.41) is 6.56. The summed E-state index contributed by atoms with van der Waals surface area (Å²) in [4.78, 5) is 9.06. The highest BCUT2D eigenvalue weighted by Gasteiger charge is 2.05. The van der Waals surface area contributed by atoms with Crippen molar-refractivity contribution in [1.29, 1.82) is 0 Å². The van der Waals surface area contributed by atoms with E-state index in [0.717, 1.165) is 30.6 Å².